The summed E-state index contributed by atoms with van der Waals surface area (Å²) in [6.45, 7) is 2.39. The number of hydrogen-bond donors (Lipinski definition) is 2. The Hall–Kier alpha value is -1.62. The van der Waals surface area contributed by atoms with Crippen LogP contribution < -0.4 is 10.2 Å². The Morgan fingerprint density at radius 3 is 2.47 bits per heavy atom. The maximum atomic E-state index is 12.8. The number of carboxylic acid groups (broad SMARTS) is 1. The molecule has 1 aromatic carbocycles. The second-order valence-electron chi connectivity index (χ2n) is 4.89. The number of likely N-dealkylation sites (N-methyl/N-ethyl adjacent to an activating group) is 1. The van der Waals surface area contributed by atoms with E-state index in [-0.39, 0.29) is 5.82 Å². The van der Waals surface area contributed by atoms with Crippen molar-refractivity contribution in [2.75, 3.05) is 25.5 Å². The third-order valence-electron chi connectivity index (χ3n) is 3.46. The van der Waals surface area contributed by atoms with E-state index in [4.69, 9.17) is 5.11 Å². The minimum atomic E-state index is -0.899. The molecule has 106 valence electrons. The third-order valence-corrected chi connectivity index (χ3v) is 3.46. The van der Waals surface area contributed by atoms with Crippen molar-refractivity contribution in [1.82, 2.24) is 5.32 Å². The van der Waals surface area contributed by atoms with Gasteiger partial charge in [0.25, 0.3) is 0 Å². The molecule has 0 heterocycles. The van der Waals surface area contributed by atoms with Gasteiger partial charge < -0.3 is 15.3 Å². The second-order valence-corrected chi connectivity index (χ2v) is 4.89. The number of nitrogens with one attached hydrogen (secondary N) is 1. The van der Waals surface area contributed by atoms with E-state index in [2.05, 4.69) is 5.32 Å². The molecular weight excluding hydrogens is 247 g/mol. The summed E-state index contributed by atoms with van der Waals surface area (Å²) in [6.07, 6.45) is 1.27. The normalized spacial score (nSPS) is 13.9. The molecule has 0 saturated heterocycles. The highest BCUT2D eigenvalue weighted by molar-refractivity contribution is 5.78. The smallest absolute Gasteiger partial charge is 0.323 e. The minimum absolute atomic E-state index is 0.259. The average molecular weight is 268 g/mol. The van der Waals surface area contributed by atoms with Crippen LogP contribution in [-0.4, -0.2) is 37.3 Å². The molecule has 1 rings (SSSR count). The molecule has 0 radical (unpaired) electrons. The first kappa shape index (κ1) is 15.4. The molecule has 19 heavy (non-hydrogen) atoms. The topological polar surface area (TPSA) is 52.6 Å². The van der Waals surface area contributed by atoms with Crippen molar-refractivity contribution in [3.63, 3.8) is 0 Å². The minimum Gasteiger partial charge on any atom is -0.480 e. The fraction of sp³-hybridized carbons (Fsp3) is 0.500. The lowest BCUT2D eigenvalue weighted by atomic mass is 9.96. The van der Waals surface area contributed by atoms with Gasteiger partial charge in [0.1, 0.15) is 11.4 Å². The van der Waals surface area contributed by atoms with Crippen LogP contribution in [0.1, 0.15) is 19.8 Å². The van der Waals surface area contributed by atoms with Gasteiger partial charge in [-0.1, -0.05) is 0 Å². The first-order valence-electron chi connectivity index (χ1n) is 6.28. The molecule has 5 heteroatoms. The van der Waals surface area contributed by atoms with Gasteiger partial charge in [-0.3, -0.25) is 4.79 Å². The molecule has 2 N–H and O–H groups in total. The van der Waals surface area contributed by atoms with Crippen molar-refractivity contribution in [2.24, 2.45) is 0 Å². The predicted octanol–water partition coefficient (Wildman–Crippen LogP) is 2.10. The number of anilines is 1. The summed E-state index contributed by atoms with van der Waals surface area (Å²) in [5, 5.41) is 12.0. The molecule has 0 aliphatic heterocycles. The summed E-state index contributed by atoms with van der Waals surface area (Å²) in [4.78, 5) is 13.1. The average Bonchev–Trinajstić information content (AvgIpc) is 2.38. The van der Waals surface area contributed by atoms with Crippen molar-refractivity contribution in [1.29, 1.82) is 0 Å². The van der Waals surface area contributed by atoms with Gasteiger partial charge >= 0.3 is 5.97 Å². The Morgan fingerprint density at radius 2 is 2.00 bits per heavy atom. The van der Waals surface area contributed by atoms with Gasteiger partial charge in [0, 0.05) is 19.3 Å². The predicted molar refractivity (Wildman–Crippen MR) is 74.0 cm³/mol. The van der Waals surface area contributed by atoms with Crippen molar-refractivity contribution in [3.05, 3.63) is 30.1 Å². The van der Waals surface area contributed by atoms with Crippen LogP contribution in [0.15, 0.2) is 24.3 Å². The van der Waals surface area contributed by atoms with E-state index in [0.29, 0.717) is 6.42 Å². The highest BCUT2D eigenvalue weighted by atomic mass is 19.1. The van der Waals surface area contributed by atoms with E-state index in [9.17, 15) is 9.18 Å². The molecule has 0 bridgehead atoms. The zero-order chi connectivity index (χ0) is 14.5. The van der Waals surface area contributed by atoms with E-state index < -0.39 is 11.5 Å². The van der Waals surface area contributed by atoms with Crippen LogP contribution in [-0.2, 0) is 4.79 Å². The van der Waals surface area contributed by atoms with Gasteiger partial charge in [-0.2, -0.15) is 0 Å². The molecule has 0 aliphatic carbocycles. The van der Waals surface area contributed by atoms with E-state index in [1.165, 1.54) is 12.1 Å². The summed E-state index contributed by atoms with van der Waals surface area (Å²) in [6, 6.07) is 6.26. The lowest BCUT2D eigenvalue weighted by Crippen LogP contribution is -2.47. The highest BCUT2D eigenvalue weighted by Crippen LogP contribution is 2.16. The van der Waals surface area contributed by atoms with Gasteiger partial charge in [-0.25, -0.2) is 4.39 Å². The molecule has 0 aromatic heterocycles. The lowest BCUT2D eigenvalue weighted by Gasteiger charge is -2.26. The summed E-state index contributed by atoms with van der Waals surface area (Å²) in [5.41, 5.74) is 0.0202. The van der Waals surface area contributed by atoms with Gasteiger partial charge in [-0.15, -0.1) is 0 Å². The van der Waals surface area contributed by atoms with Crippen LogP contribution in [0.4, 0.5) is 10.1 Å². The Labute approximate surface area is 113 Å². The number of nitrogens with zero attached hydrogens (tertiary/aromatic N) is 1. The molecule has 0 spiro atoms. The van der Waals surface area contributed by atoms with E-state index in [1.54, 1.807) is 26.1 Å². The van der Waals surface area contributed by atoms with Gasteiger partial charge in [0.05, 0.1) is 0 Å². The molecule has 1 atom stereocenters. The van der Waals surface area contributed by atoms with Crippen LogP contribution in [0.3, 0.4) is 0 Å². The number of aliphatic carboxylic acids is 1. The lowest BCUT2D eigenvalue weighted by molar-refractivity contribution is -0.144. The maximum Gasteiger partial charge on any atom is 0.323 e. The zero-order valence-electron chi connectivity index (χ0n) is 11.6. The first-order valence-corrected chi connectivity index (χ1v) is 6.28. The van der Waals surface area contributed by atoms with Crippen molar-refractivity contribution in [3.8, 4) is 0 Å². The zero-order valence-corrected chi connectivity index (χ0v) is 11.6. The third kappa shape index (κ3) is 4.21. The molecule has 1 aromatic rings. The molecule has 0 amide bonds. The Balaban J connectivity index is 2.49. The summed E-state index contributed by atoms with van der Waals surface area (Å²) >= 11 is 0. The van der Waals surface area contributed by atoms with Crippen molar-refractivity contribution >= 4 is 11.7 Å². The Morgan fingerprint density at radius 1 is 1.42 bits per heavy atom. The number of carbonyl (C=O) groups is 1. The number of carboxylic acids is 1. The van der Waals surface area contributed by atoms with E-state index >= 15 is 0 Å². The number of halogens is 1. The molecule has 0 saturated carbocycles. The summed E-state index contributed by atoms with van der Waals surface area (Å²) in [7, 11) is 3.56. The standard InChI is InChI=1S/C14H21FN2O2/c1-14(16-2,13(18)19)9-4-10-17(3)12-7-5-11(15)6-8-12/h5-8,16H,4,9-10H2,1-3H3,(H,18,19). The quantitative estimate of drug-likeness (QED) is 0.795. The maximum absolute atomic E-state index is 12.8. The fourth-order valence-corrected chi connectivity index (χ4v) is 1.83. The van der Waals surface area contributed by atoms with Crippen LogP contribution >= 0.6 is 0 Å². The van der Waals surface area contributed by atoms with Gasteiger partial charge in [0.2, 0.25) is 0 Å². The first-order chi connectivity index (χ1) is 8.89. The van der Waals surface area contributed by atoms with Gasteiger partial charge in [0.15, 0.2) is 0 Å². The molecule has 4 nitrogen and oxygen atoms in total. The van der Waals surface area contributed by atoms with Crippen LogP contribution in [0, 0.1) is 5.82 Å². The summed E-state index contributed by atoms with van der Waals surface area (Å²) in [5.74, 6) is -1.11. The van der Waals surface area contributed by atoms with E-state index in [0.717, 1.165) is 18.7 Å². The van der Waals surface area contributed by atoms with E-state index in [1.807, 2.05) is 11.9 Å². The van der Waals surface area contributed by atoms with Gasteiger partial charge in [-0.05, 0) is 51.1 Å². The number of benzene rings is 1. The highest BCUT2D eigenvalue weighted by Gasteiger charge is 2.30. The van der Waals surface area contributed by atoms with Crippen LogP contribution in [0.5, 0.6) is 0 Å². The molecule has 1 unspecified atom stereocenters. The monoisotopic (exact) mass is 268 g/mol. The SMILES string of the molecule is CNC(C)(CCCN(C)c1ccc(F)cc1)C(=O)O. The largest absolute Gasteiger partial charge is 0.480 e. The van der Waals surface area contributed by atoms with Crippen LogP contribution in [0.25, 0.3) is 0 Å². The molecule has 0 fully saturated rings. The van der Waals surface area contributed by atoms with Crippen LogP contribution in [0.2, 0.25) is 0 Å². The Bertz CT molecular complexity index is 422. The number of hydrogen-bond acceptors (Lipinski definition) is 3. The Kier molecular flexibility index (Phi) is 5.30. The van der Waals surface area contributed by atoms with Crippen molar-refractivity contribution < 1.29 is 14.3 Å². The molecule has 0 aliphatic rings. The van der Waals surface area contributed by atoms with Crippen molar-refractivity contribution in [2.45, 2.75) is 25.3 Å². The fourth-order valence-electron chi connectivity index (χ4n) is 1.83. The second kappa shape index (κ2) is 6.52. The molecular formula is C14H21FN2O2. The number of rotatable bonds is 7. The summed E-state index contributed by atoms with van der Waals surface area (Å²) < 4.78 is 12.8.